The second-order valence-corrected chi connectivity index (χ2v) is 7.73. The number of benzene rings is 1. The highest BCUT2D eigenvalue weighted by molar-refractivity contribution is 9.09. The highest BCUT2D eigenvalue weighted by Crippen LogP contribution is 2.23. The van der Waals surface area contributed by atoms with E-state index in [2.05, 4.69) is 32.9 Å². The van der Waals surface area contributed by atoms with Gasteiger partial charge in [-0.1, -0.05) is 34.1 Å². The third kappa shape index (κ3) is 3.78. The fraction of sp³-hybridized carbons (Fsp3) is 0.538. The molecule has 3 atom stereocenters. The Hall–Kier alpha value is -0.430. The Morgan fingerprint density at radius 2 is 2.05 bits per heavy atom. The third-order valence-electron chi connectivity index (χ3n) is 3.50. The Morgan fingerprint density at radius 1 is 1.37 bits per heavy atom. The number of nitrogens with one attached hydrogen (secondary N) is 2. The number of sulfonamides is 1. The lowest BCUT2D eigenvalue weighted by Crippen LogP contribution is -2.48. The number of hydrogen-bond acceptors (Lipinski definition) is 3. The molecule has 2 N–H and O–H groups in total. The van der Waals surface area contributed by atoms with E-state index in [-0.39, 0.29) is 0 Å². The molecule has 1 saturated heterocycles. The van der Waals surface area contributed by atoms with E-state index < -0.39 is 10.0 Å². The number of rotatable bonds is 4. The van der Waals surface area contributed by atoms with Crippen LogP contribution < -0.4 is 10.0 Å². The Labute approximate surface area is 123 Å². The van der Waals surface area contributed by atoms with Crippen molar-refractivity contribution in [1.82, 2.24) is 10.0 Å². The molecule has 19 heavy (non-hydrogen) atoms. The minimum atomic E-state index is -3.39. The summed E-state index contributed by atoms with van der Waals surface area (Å²) in [6.07, 6.45) is 0.970. The van der Waals surface area contributed by atoms with E-state index in [4.69, 9.17) is 0 Å². The van der Waals surface area contributed by atoms with Crippen LogP contribution >= 0.6 is 15.9 Å². The molecular weight excluding hydrogens is 328 g/mol. The van der Waals surface area contributed by atoms with Crippen LogP contribution in [0.25, 0.3) is 0 Å². The minimum absolute atomic E-state index is 0.291. The van der Waals surface area contributed by atoms with Crippen LogP contribution in [0.2, 0.25) is 0 Å². The van der Waals surface area contributed by atoms with Crippen LogP contribution in [0.4, 0.5) is 0 Å². The topological polar surface area (TPSA) is 58.2 Å². The molecule has 106 valence electrons. The fourth-order valence-electron chi connectivity index (χ4n) is 2.29. The minimum Gasteiger partial charge on any atom is -0.313 e. The van der Waals surface area contributed by atoms with E-state index in [0.29, 0.717) is 28.2 Å². The first-order chi connectivity index (χ1) is 9.00. The van der Waals surface area contributed by atoms with Gasteiger partial charge >= 0.3 is 0 Å². The predicted octanol–water partition coefficient (Wildman–Crippen LogP) is 1.73. The normalized spacial score (nSPS) is 28.2. The van der Waals surface area contributed by atoms with Gasteiger partial charge in [0, 0.05) is 17.4 Å². The van der Waals surface area contributed by atoms with Crippen molar-refractivity contribution in [2.75, 3.05) is 13.1 Å². The largest absolute Gasteiger partial charge is 0.313 e. The van der Waals surface area contributed by atoms with Gasteiger partial charge in [0.1, 0.15) is 0 Å². The summed E-state index contributed by atoms with van der Waals surface area (Å²) in [7, 11) is -3.39. The summed E-state index contributed by atoms with van der Waals surface area (Å²) in [5.74, 6) is 0.315. The Morgan fingerprint density at radius 3 is 2.74 bits per heavy atom. The van der Waals surface area contributed by atoms with Crippen molar-refractivity contribution in [3.63, 3.8) is 0 Å². The first-order valence-electron chi connectivity index (χ1n) is 6.43. The van der Waals surface area contributed by atoms with Crippen LogP contribution in [0.3, 0.4) is 0 Å². The first kappa shape index (κ1) is 15.0. The molecule has 6 heteroatoms. The second-order valence-electron chi connectivity index (χ2n) is 4.90. The number of piperidine rings is 1. The maximum absolute atomic E-state index is 12.1. The van der Waals surface area contributed by atoms with Gasteiger partial charge in [-0.3, -0.25) is 0 Å². The van der Waals surface area contributed by atoms with Gasteiger partial charge in [0.2, 0.25) is 10.0 Å². The predicted molar refractivity (Wildman–Crippen MR) is 79.9 cm³/mol. The Kier molecular flexibility index (Phi) is 5.00. The van der Waals surface area contributed by atoms with Crippen LogP contribution in [-0.2, 0) is 10.0 Å². The molecule has 1 aromatic rings. The van der Waals surface area contributed by atoms with Crippen LogP contribution in [-0.4, -0.2) is 32.4 Å². The molecule has 2 rings (SSSR count). The zero-order valence-corrected chi connectivity index (χ0v) is 13.2. The molecule has 0 saturated carbocycles. The van der Waals surface area contributed by atoms with Crippen molar-refractivity contribution in [3.05, 3.63) is 30.3 Å². The molecule has 1 aliphatic rings. The lowest BCUT2D eigenvalue weighted by Gasteiger charge is -2.33. The van der Waals surface area contributed by atoms with Crippen molar-refractivity contribution in [1.29, 1.82) is 0 Å². The van der Waals surface area contributed by atoms with Gasteiger partial charge in [0.05, 0.1) is 4.90 Å². The van der Waals surface area contributed by atoms with Crippen molar-refractivity contribution in [2.24, 2.45) is 5.92 Å². The molecule has 0 aliphatic carbocycles. The van der Waals surface area contributed by atoms with E-state index in [0.717, 1.165) is 13.0 Å². The molecule has 3 unspecified atom stereocenters. The van der Waals surface area contributed by atoms with E-state index in [1.54, 1.807) is 24.3 Å². The third-order valence-corrected chi connectivity index (χ3v) is 6.48. The molecule has 1 heterocycles. The lowest BCUT2D eigenvalue weighted by molar-refractivity contribution is 0.331. The molecule has 4 nitrogen and oxygen atoms in total. The summed E-state index contributed by atoms with van der Waals surface area (Å²) in [6.45, 7) is 3.51. The standard InChI is InChI=1S/C13H19BrN2O2S/c1-10-13(14)11(7-8-15-10)9-16-19(17,18)12-5-3-2-4-6-12/h2-6,10-11,13,15-16H,7-9H2,1H3. The molecular formula is C13H19BrN2O2S. The summed E-state index contributed by atoms with van der Waals surface area (Å²) in [6, 6.07) is 8.85. The number of hydrogen-bond donors (Lipinski definition) is 2. The van der Waals surface area contributed by atoms with Crippen LogP contribution in [0.15, 0.2) is 35.2 Å². The molecule has 1 fully saturated rings. The highest BCUT2D eigenvalue weighted by atomic mass is 79.9. The molecule has 0 spiro atoms. The number of halogens is 1. The van der Waals surface area contributed by atoms with E-state index in [9.17, 15) is 8.42 Å². The quantitative estimate of drug-likeness (QED) is 0.816. The van der Waals surface area contributed by atoms with Crippen molar-refractivity contribution in [3.8, 4) is 0 Å². The smallest absolute Gasteiger partial charge is 0.240 e. The molecule has 0 amide bonds. The summed E-state index contributed by atoms with van der Waals surface area (Å²) in [5.41, 5.74) is 0. The van der Waals surface area contributed by atoms with Gasteiger partial charge < -0.3 is 5.32 Å². The maximum atomic E-state index is 12.1. The van der Waals surface area contributed by atoms with Crippen molar-refractivity contribution in [2.45, 2.75) is 29.1 Å². The first-order valence-corrected chi connectivity index (χ1v) is 8.83. The SMILES string of the molecule is CC1NCCC(CNS(=O)(=O)c2ccccc2)C1Br. The van der Waals surface area contributed by atoms with Gasteiger partial charge in [0.25, 0.3) is 0 Å². The highest BCUT2D eigenvalue weighted by Gasteiger charge is 2.29. The van der Waals surface area contributed by atoms with Gasteiger partial charge in [-0.05, 0) is 37.9 Å². The van der Waals surface area contributed by atoms with Crippen LogP contribution in [0, 0.1) is 5.92 Å². The van der Waals surface area contributed by atoms with E-state index >= 15 is 0 Å². The molecule has 0 aromatic heterocycles. The van der Waals surface area contributed by atoms with Gasteiger partial charge in [-0.25, -0.2) is 13.1 Å². The summed E-state index contributed by atoms with van der Waals surface area (Å²) in [5, 5.41) is 3.37. The average molecular weight is 347 g/mol. The summed E-state index contributed by atoms with van der Waals surface area (Å²) < 4.78 is 27.0. The Bertz CT molecular complexity index is 507. The molecule has 1 aliphatic heterocycles. The monoisotopic (exact) mass is 346 g/mol. The summed E-state index contributed by atoms with van der Waals surface area (Å²) >= 11 is 3.65. The number of alkyl halides is 1. The van der Waals surface area contributed by atoms with Crippen molar-refractivity contribution < 1.29 is 8.42 Å². The molecule has 1 aromatic carbocycles. The zero-order valence-electron chi connectivity index (χ0n) is 10.8. The maximum Gasteiger partial charge on any atom is 0.240 e. The Balaban J connectivity index is 1.98. The van der Waals surface area contributed by atoms with Crippen LogP contribution in [0.5, 0.6) is 0 Å². The molecule has 0 bridgehead atoms. The second kappa shape index (κ2) is 6.35. The zero-order chi connectivity index (χ0) is 13.9. The van der Waals surface area contributed by atoms with E-state index in [1.807, 2.05) is 6.07 Å². The van der Waals surface area contributed by atoms with E-state index in [1.165, 1.54) is 0 Å². The average Bonchev–Trinajstić information content (AvgIpc) is 2.41. The van der Waals surface area contributed by atoms with Crippen LogP contribution in [0.1, 0.15) is 13.3 Å². The fourth-order valence-corrected chi connectivity index (χ4v) is 4.04. The van der Waals surface area contributed by atoms with Crippen molar-refractivity contribution >= 4 is 26.0 Å². The summed E-state index contributed by atoms with van der Waals surface area (Å²) in [4.78, 5) is 0.614. The van der Waals surface area contributed by atoms with Gasteiger partial charge in [0.15, 0.2) is 0 Å². The lowest BCUT2D eigenvalue weighted by atomic mass is 9.93. The van der Waals surface area contributed by atoms with Gasteiger partial charge in [-0.2, -0.15) is 0 Å². The van der Waals surface area contributed by atoms with Gasteiger partial charge in [-0.15, -0.1) is 0 Å². The molecule has 0 radical (unpaired) electrons.